The number of halogens is 1. The molecule has 4 rings (SSSR count). The van der Waals surface area contributed by atoms with Crippen LogP contribution in [0.3, 0.4) is 0 Å². The van der Waals surface area contributed by atoms with Crippen LogP contribution >= 0.6 is 0 Å². The summed E-state index contributed by atoms with van der Waals surface area (Å²) < 4.78 is 24.1. The summed E-state index contributed by atoms with van der Waals surface area (Å²) in [4.78, 5) is 10.3. The molecule has 1 aromatic heterocycles. The minimum Gasteiger partial charge on any atom is -0.497 e. The van der Waals surface area contributed by atoms with Crippen LogP contribution in [0.25, 0.3) is 11.3 Å². The molecule has 1 fully saturated rings. The van der Waals surface area contributed by atoms with Gasteiger partial charge in [0.2, 0.25) is 0 Å². The fraction of sp³-hybridized carbons (Fsp3) is 0.286. The Labute approximate surface area is 157 Å². The van der Waals surface area contributed by atoms with Gasteiger partial charge in [0.05, 0.1) is 38.3 Å². The maximum absolute atomic E-state index is 13.2. The number of ether oxygens (including phenoxy) is 2. The number of methoxy groups -OCH3 is 1. The highest BCUT2D eigenvalue weighted by Crippen LogP contribution is 2.27. The van der Waals surface area contributed by atoms with Crippen LogP contribution in [0.15, 0.2) is 54.7 Å². The van der Waals surface area contributed by atoms with E-state index in [0.29, 0.717) is 13.2 Å². The van der Waals surface area contributed by atoms with E-state index in [1.165, 1.54) is 12.1 Å². The molecule has 6 heteroatoms. The van der Waals surface area contributed by atoms with E-state index in [9.17, 15) is 4.39 Å². The summed E-state index contributed by atoms with van der Waals surface area (Å²) in [7, 11) is 1.65. The molecule has 2 heterocycles. The molecule has 1 aliphatic heterocycles. The van der Waals surface area contributed by atoms with Crippen molar-refractivity contribution in [2.45, 2.75) is 12.6 Å². The average molecular weight is 367 g/mol. The molecule has 1 atom stereocenters. The van der Waals surface area contributed by atoms with E-state index in [4.69, 9.17) is 9.47 Å². The first-order valence-corrected chi connectivity index (χ1v) is 8.98. The fourth-order valence-electron chi connectivity index (χ4n) is 3.33. The van der Waals surface area contributed by atoms with Crippen LogP contribution in [-0.4, -0.2) is 41.7 Å². The van der Waals surface area contributed by atoms with Gasteiger partial charge in [-0.25, -0.2) is 9.37 Å². The molecule has 140 valence electrons. The second-order valence-electron chi connectivity index (χ2n) is 6.60. The molecule has 0 amide bonds. The first-order valence-electron chi connectivity index (χ1n) is 8.98. The Bertz CT molecular complexity index is 877. The lowest BCUT2D eigenvalue weighted by molar-refractivity contribution is -0.0156. The van der Waals surface area contributed by atoms with Gasteiger partial charge in [0, 0.05) is 13.1 Å². The Morgan fingerprint density at radius 3 is 2.70 bits per heavy atom. The third kappa shape index (κ3) is 4.02. The van der Waals surface area contributed by atoms with Gasteiger partial charge in [-0.2, -0.15) is 0 Å². The van der Waals surface area contributed by atoms with Crippen molar-refractivity contribution in [1.29, 1.82) is 0 Å². The van der Waals surface area contributed by atoms with Gasteiger partial charge in [-0.15, -0.1) is 0 Å². The minimum absolute atomic E-state index is 0.0378. The number of hydrogen-bond acceptors (Lipinski definition) is 4. The molecule has 0 bridgehead atoms. The van der Waals surface area contributed by atoms with Crippen LogP contribution < -0.4 is 4.74 Å². The van der Waals surface area contributed by atoms with E-state index in [1.807, 2.05) is 42.6 Å². The zero-order valence-electron chi connectivity index (χ0n) is 15.2. The third-order valence-corrected chi connectivity index (χ3v) is 4.85. The lowest BCUT2D eigenvalue weighted by Gasteiger charge is -2.34. The van der Waals surface area contributed by atoms with E-state index in [2.05, 4.69) is 14.9 Å². The summed E-state index contributed by atoms with van der Waals surface area (Å²) in [5, 5.41) is 0. The fourth-order valence-corrected chi connectivity index (χ4v) is 3.33. The SMILES string of the molecule is COc1ccc(-c2cnc([C@@H]3COCCN3Cc3ccc(F)cc3)[nH]2)cc1. The van der Waals surface area contributed by atoms with Gasteiger partial charge < -0.3 is 14.5 Å². The van der Waals surface area contributed by atoms with E-state index < -0.39 is 0 Å². The highest BCUT2D eigenvalue weighted by molar-refractivity contribution is 5.59. The summed E-state index contributed by atoms with van der Waals surface area (Å²) in [6.07, 6.45) is 1.85. The van der Waals surface area contributed by atoms with Gasteiger partial charge in [0.15, 0.2) is 0 Å². The van der Waals surface area contributed by atoms with Crippen molar-refractivity contribution in [3.63, 3.8) is 0 Å². The minimum atomic E-state index is -0.215. The summed E-state index contributed by atoms with van der Waals surface area (Å²) in [6.45, 7) is 2.80. The second kappa shape index (κ2) is 7.90. The smallest absolute Gasteiger partial charge is 0.126 e. The Morgan fingerprint density at radius 2 is 1.96 bits per heavy atom. The monoisotopic (exact) mass is 367 g/mol. The molecule has 3 aromatic rings. The molecule has 1 saturated heterocycles. The van der Waals surface area contributed by atoms with Crippen molar-refractivity contribution in [1.82, 2.24) is 14.9 Å². The first-order chi connectivity index (χ1) is 13.2. The Hall–Kier alpha value is -2.70. The normalized spacial score (nSPS) is 17.8. The third-order valence-electron chi connectivity index (χ3n) is 4.85. The molecule has 2 aromatic carbocycles. The summed E-state index contributed by atoms with van der Waals surface area (Å²) in [5.74, 6) is 1.49. The lowest BCUT2D eigenvalue weighted by Crippen LogP contribution is -2.39. The van der Waals surface area contributed by atoms with Crippen molar-refractivity contribution >= 4 is 0 Å². The van der Waals surface area contributed by atoms with Crippen LogP contribution in [0.4, 0.5) is 4.39 Å². The highest BCUT2D eigenvalue weighted by Gasteiger charge is 2.27. The van der Waals surface area contributed by atoms with E-state index in [0.717, 1.165) is 41.5 Å². The van der Waals surface area contributed by atoms with Gasteiger partial charge in [-0.05, 0) is 47.5 Å². The molecular weight excluding hydrogens is 345 g/mol. The quantitative estimate of drug-likeness (QED) is 0.745. The predicted octanol–water partition coefficient (Wildman–Crippen LogP) is 3.80. The van der Waals surface area contributed by atoms with Crippen LogP contribution in [0, 0.1) is 5.82 Å². The van der Waals surface area contributed by atoms with Crippen molar-refractivity contribution < 1.29 is 13.9 Å². The number of aromatic amines is 1. The Kier molecular flexibility index (Phi) is 5.18. The number of aromatic nitrogens is 2. The first kappa shape index (κ1) is 17.7. The number of imidazole rings is 1. The van der Waals surface area contributed by atoms with E-state index >= 15 is 0 Å². The number of nitrogens with zero attached hydrogens (tertiary/aromatic N) is 2. The number of H-pyrrole nitrogens is 1. The molecule has 5 nitrogen and oxygen atoms in total. The molecule has 0 aliphatic carbocycles. The molecule has 0 spiro atoms. The number of nitrogens with one attached hydrogen (secondary N) is 1. The van der Waals surface area contributed by atoms with E-state index in [-0.39, 0.29) is 11.9 Å². The van der Waals surface area contributed by atoms with Crippen molar-refractivity contribution in [3.8, 4) is 17.0 Å². The maximum atomic E-state index is 13.2. The maximum Gasteiger partial charge on any atom is 0.126 e. The number of hydrogen-bond donors (Lipinski definition) is 1. The summed E-state index contributed by atoms with van der Waals surface area (Å²) in [5.41, 5.74) is 3.08. The molecule has 0 unspecified atom stereocenters. The van der Waals surface area contributed by atoms with Gasteiger partial charge >= 0.3 is 0 Å². The number of morpholine rings is 1. The second-order valence-corrected chi connectivity index (χ2v) is 6.60. The zero-order valence-corrected chi connectivity index (χ0v) is 15.2. The zero-order chi connectivity index (χ0) is 18.6. The van der Waals surface area contributed by atoms with Crippen LogP contribution in [0.2, 0.25) is 0 Å². The molecule has 0 saturated carbocycles. The standard InChI is InChI=1S/C21H22FN3O2/c1-26-18-8-4-16(5-9-18)19-12-23-21(24-19)20-14-27-11-10-25(20)13-15-2-6-17(22)7-3-15/h2-9,12,20H,10-11,13-14H2,1H3,(H,23,24)/t20-/m0/s1. The average Bonchev–Trinajstić information content (AvgIpc) is 3.20. The van der Waals surface area contributed by atoms with Gasteiger partial charge in [0.25, 0.3) is 0 Å². The largest absolute Gasteiger partial charge is 0.497 e. The van der Waals surface area contributed by atoms with Crippen molar-refractivity contribution in [2.24, 2.45) is 0 Å². The van der Waals surface area contributed by atoms with E-state index in [1.54, 1.807) is 7.11 Å². The molecule has 0 radical (unpaired) electrons. The van der Waals surface area contributed by atoms with Crippen LogP contribution in [0.1, 0.15) is 17.4 Å². The summed E-state index contributed by atoms with van der Waals surface area (Å²) in [6, 6.07) is 14.6. The van der Waals surface area contributed by atoms with Gasteiger partial charge in [-0.3, -0.25) is 4.90 Å². The van der Waals surface area contributed by atoms with Crippen molar-refractivity contribution in [3.05, 3.63) is 71.9 Å². The molecule has 27 heavy (non-hydrogen) atoms. The Morgan fingerprint density at radius 1 is 1.19 bits per heavy atom. The van der Waals surface area contributed by atoms with Gasteiger partial charge in [0.1, 0.15) is 17.4 Å². The predicted molar refractivity (Wildman–Crippen MR) is 101 cm³/mol. The number of benzene rings is 2. The molecule has 1 N–H and O–H groups in total. The topological polar surface area (TPSA) is 50.4 Å². The summed E-state index contributed by atoms with van der Waals surface area (Å²) >= 11 is 0. The van der Waals surface area contributed by atoms with Crippen LogP contribution in [-0.2, 0) is 11.3 Å². The van der Waals surface area contributed by atoms with Crippen LogP contribution in [0.5, 0.6) is 5.75 Å². The Balaban J connectivity index is 1.53. The number of rotatable bonds is 5. The highest BCUT2D eigenvalue weighted by atomic mass is 19.1. The molecular formula is C21H22FN3O2. The lowest BCUT2D eigenvalue weighted by atomic mass is 10.1. The van der Waals surface area contributed by atoms with Crippen molar-refractivity contribution in [2.75, 3.05) is 26.9 Å². The van der Waals surface area contributed by atoms with Gasteiger partial charge in [-0.1, -0.05) is 12.1 Å². The molecule has 1 aliphatic rings.